The molecule has 6 nitrogen and oxygen atoms in total. The molecule has 110 valence electrons. The van der Waals surface area contributed by atoms with Gasteiger partial charge in [0.05, 0.1) is 11.0 Å². The number of rotatable bonds is 7. The molecule has 2 rings (SSSR count). The average Bonchev–Trinajstić information content (AvgIpc) is 2.48. The molecule has 0 amide bonds. The third-order valence-electron chi connectivity index (χ3n) is 3.25. The Morgan fingerprint density at radius 1 is 1.30 bits per heavy atom. The van der Waals surface area contributed by atoms with Gasteiger partial charge in [-0.05, 0) is 31.4 Å². The van der Waals surface area contributed by atoms with Crippen LogP contribution in [0.3, 0.4) is 0 Å². The lowest BCUT2D eigenvalue weighted by Gasteiger charge is -2.22. The minimum Gasteiger partial charge on any atom is -0.385 e. The first-order chi connectivity index (χ1) is 9.75. The zero-order valence-corrected chi connectivity index (χ0v) is 11.4. The molecule has 1 N–H and O–H groups in total. The van der Waals surface area contributed by atoms with E-state index < -0.39 is 4.92 Å². The van der Waals surface area contributed by atoms with Gasteiger partial charge in [0.2, 0.25) is 0 Å². The molecule has 6 heteroatoms. The summed E-state index contributed by atoms with van der Waals surface area (Å²) in [6.07, 6.45) is 3.21. The largest absolute Gasteiger partial charge is 0.385 e. The lowest BCUT2D eigenvalue weighted by atomic mass is 10.1. The number of benzene rings is 1. The van der Waals surface area contributed by atoms with E-state index in [1.165, 1.54) is 12.1 Å². The minimum atomic E-state index is -0.397. The number of nitro groups is 1. The normalized spacial score (nSPS) is 16.0. The second-order valence-electron chi connectivity index (χ2n) is 4.77. The van der Waals surface area contributed by atoms with Crippen molar-refractivity contribution < 1.29 is 14.4 Å². The molecule has 0 unspecified atom stereocenters. The standard InChI is InChI=1S/C14H20N2O4/c17-16(18)13-4-2-12(3-5-13)15-8-1-9-20-14-6-10-19-11-7-14/h2-5,14-15H,1,6-11H2. The van der Waals surface area contributed by atoms with Crippen LogP contribution in [0.15, 0.2) is 24.3 Å². The van der Waals surface area contributed by atoms with Crippen LogP contribution in [0, 0.1) is 10.1 Å². The Kier molecular flexibility index (Phi) is 5.76. The zero-order valence-electron chi connectivity index (χ0n) is 11.4. The van der Waals surface area contributed by atoms with Gasteiger partial charge in [-0.3, -0.25) is 10.1 Å². The van der Waals surface area contributed by atoms with Gasteiger partial charge in [-0.1, -0.05) is 0 Å². The molecule has 20 heavy (non-hydrogen) atoms. The second kappa shape index (κ2) is 7.81. The molecule has 0 aromatic heterocycles. The van der Waals surface area contributed by atoms with Crippen LogP contribution in [0.5, 0.6) is 0 Å². The molecule has 1 aliphatic rings. The van der Waals surface area contributed by atoms with Gasteiger partial charge >= 0.3 is 0 Å². The van der Waals surface area contributed by atoms with Gasteiger partial charge in [0.15, 0.2) is 0 Å². The molecule has 0 atom stereocenters. The van der Waals surface area contributed by atoms with Crippen molar-refractivity contribution in [3.63, 3.8) is 0 Å². The number of nitrogens with zero attached hydrogens (tertiary/aromatic N) is 1. The molecule has 0 saturated carbocycles. The SMILES string of the molecule is O=[N+]([O-])c1ccc(NCCCOC2CCOCC2)cc1. The third-order valence-corrected chi connectivity index (χ3v) is 3.25. The Labute approximate surface area is 118 Å². The fraction of sp³-hybridized carbons (Fsp3) is 0.571. The number of nitro benzene ring substituents is 1. The van der Waals surface area contributed by atoms with Crippen molar-refractivity contribution in [3.8, 4) is 0 Å². The molecule has 1 saturated heterocycles. The summed E-state index contributed by atoms with van der Waals surface area (Å²) in [6, 6.07) is 6.44. The van der Waals surface area contributed by atoms with Gasteiger partial charge in [0.25, 0.3) is 5.69 Å². The number of non-ortho nitro benzene ring substituents is 1. The van der Waals surface area contributed by atoms with E-state index in [-0.39, 0.29) is 5.69 Å². The molecule has 0 bridgehead atoms. The van der Waals surface area contributed by atoms with Crippen LogP contribution in [0.2, 0.25) is 0 Å². The molecule has 1 aliphatic heterocycles. The van der Waals surface area contributed by atoms with E-state index in [0.29, 0.717) is 6.10 Å². The van der Waals surface area contributed by atoms with Crippen molar-refractivity contribution in [2.45, 2.75) is 25.4 Å². The number of hydrogen-bond donors (Lipinski definition) is 1. The number of hydrogen-bond acceptors (Lipinski definition) is 5. The Balaban J connectivity index is 1.59. The van der Waals surface area contributed by atoms with Crippen molar-refractivity contribution >= 4 is 11.4 Å². The Morgan fingerprint density at radius 3 is 2.65 bits per heavy atom. The summed E-state index contributed by atoms with van der Waals surface area (Å²) in [7, 11) is 0. The molecule has 1 aromatic rings. The van der Waals surface area contributed by atoms with Crippen molar-refractivity contribution in [1.82, 2.24) is 0 Å². The van der Waals surface area contributed by atoms with Crippen molar-refractivity contribution in [3.05, 3.63) is 34.4 Å². The fourth-order valence-electron chi connectivity index (χ4n) is 2.10. The lowest BCUT2D eigenvalue weighted by Crippen LogP contribution is -2.24. The van der Waals surface area contributed by atoms with Crippen LogP contribution in [-0.2, 0) is 9.47 Å². The quantitative estimate of drug-likeness (QED) is 0.472. The van der Waals surface area contributed by atoms with E-state index in [1.807, 2.05) is 0 Å². The van der Waals surface area contributed by atoms with E-state index in [9.17, 15) is 10.1 Å². The van der Waals surface area contributed by atoms with Gasteiger partial charge in [-0.25, -0.2) is 0 Å². The highest BCUT2D eigenvalue weighted by Gasteiger charge is 2.13. The Hall–Kier alpha value is -1.66. The third kappa shape index (κ3) is 4.79. The summed E-state index contributed by atoms with van der Waals surface area (Å²) in [4.78, 5) is 10.1. The summed E-state index contributed by atoms with van der Waals surface area (Å²) >= 11 is 0. The smallest absolute Gasteiger partial charge is 0.269 e. The lowest BCUT2D eigenvalue weighted by molar-refractivity contribution is -0.384. The first kappa shape index (κ1) is 14.7. The highest BCUT2D eigenvalue weighted by Crippen LogP contribution is 2.15. The monoisotopic (exact) mass is 280 g/mol. The Morgan fingerprint density at radius 2 is 2.00 bits per heavy atom. The molecule has 1 fully saturated rings. The van der Waals surface area contributed by atoms with Gasteiger partial charge in [0, 0.05) is 44.2 Å². The first-order valence-corrected chi connectivity index (χ1v) is 6.93. The van der Waals surface area contributed by atoms with Gasteiger partial charge in [-0.2, -0.15) is 0 Å². The predicted octanol–water partition coefficient (Wildman–Crippen LogP) is 2.59. The predicted molar refractivity (Wildman–Crippen MR) is 76.0 cm³/mol. The highest BCUT2D eigenvalue weighted by atomic mass is 16.6. The van der Waals surface area contributed by atoms with Crippen molar-refractivity contribution in [1.29, 1.82) is 0 Å². The van der Waals surface area contributed by atoms with Crippen LogP contribution >= 0.6 is 0 Å². The Bertz CT molecular complexity index is 416. The van der Waals surface area contributed by atoms with Gasteiger partial charge in [-0.15, -0.1) is 0 Å². The number of ether oxygens (including phenoxy) is 2. The van der Waals surface area contributed by atoms with Crippen LogP contribution in [-0.4, -0.2) is 37.4 Å². The summed E-state index contributed by atoms with van der Waals surface area (Å²) in [5.41, 5.74) is 1.00. The molecular formula is C14H20N2O4. The van der Waals surface area contributed by atoms with E-state index in [0.717, 1.165) is 51.3 Å². The molecule has 0 aliphatic carbocycles. The maximum absolute atomic E-state index is 10.5. The van der Waals surface area contributed by atoms with Crippen molar-refractivity contribution in [2.75, 3.05) is 31.7 Å². The highest BCUT2D eigenvalue weighted by molar-refractivity contribution is 5.48. The van der Waals surface area contributed by atoms with E-state index >= 15 is 0 Å². The molecule has 0 radical (unpaired) electrons. The summed E-state index contributed by atoms with van der Waals surface area (Å²) in [5, 5.41) is 13.7. The van der Waals surface area contributed by atoms with Crippen molar-refractivity contribution in [2.24, 2.45) is 0 Å². The number of anilines is 1. The second-order valence-corrected chi connectivity index (χ2v) is 4.77. The zero-order chi connectivity index (χ0) is 14.2. The topological polar surface area (TPSA) is 73.6 Å². The molecule has 1 aromatic carbocycles. The van der Waals surface area contributed by atoms with Crippen LogP contribution in [0.1, 0.15) is 19.3 Å². The van der Waals surface area contributed by atoms with Crippen LogP contribution < -0.4 is 5.32 Å². The maximum Gasteiger partial charge on any atom is 0.269 e. The average molecular weight is 280 g/mol. The molecule has 1 heterocycles. The minimum absolute atomic E-state index is 0.110. The molecule has 0 spiro atoms. The first-order valence-electron chi connectivity index (χ1n) is 6.93. The van der Waals surface area contributed by atoms with E-state index in [1.54, 1.807) is 12.1 Å². The summed E-state index contributed by atoms with van der Waals surface area (Å²) in [6.45, 7) is 3.11. The van der Waals surface area contributed by atoms with Gasteiger partial charge < -0.3 is 14.8 Å². The summed E-state index contributed by atoms with van der Waals surface area (Å²) in [5.74, 6) is 0. The van der Waals surface area contributed by atoms with Crippen LogP contribution in [0.4, 0.5) is 11.4 Å². The van der Waals surface area contributed by atoms with Gasteiger partial charge in [0.1, 0.15) is 0 Å². The molecular weight excluding hydrogens is 260 g/mol. The number of nitrogens with one attached hydrogen (secondary N) is 1. The van der Waals surface area contributed by atoms with Crippen LogP contribution in [0.25, 0.3) is 0 Å². The van der Waals surface area contributed by atoms with E-state index in [2.05, 4.69) is 5.32 Å². The fourth-order valence-corrected chi connectivity index (χ4v) is 2.10. The summed E-state index contributed by atoms with van der Waals surface area (Å²) < 4.78 is 11.0. The van der Waals surface area contributed by atoms with E-state index in [4.69, 9.17) is 9.47 Å². The maximum atomic E-state index is 10.5.